The van der Waals surface area contributed by atoms with Gasteiger partial charge in [0.05, 0.1) is 0 Å². The monoisotopic (exact) mass is 359 g/mol. The van der Waals surface area contributed by atoms with Crippen LogP contribution < -0.4 is 15.5 Å². The first kappa shape index (κ1) is 18.8. The minimum atomic E-state index is -0.196. The van der Waals surface area contributed by atoms with Crippen molar-refractivity contribution in [1.29, 1.82) is 0 Å². The number of halogens is 1. The van der Waals surface area contributed by atoms with E-state index >= 15 is 0 Å². The molecule has 2 aromatic rings. The molecule has 0 heterocycles. The highest BCUT2D eigenvalue weighted by Crippen LogP contribution is 2.13. The summed E-state index contributed by atoms with van der Waals surface area (Å²) < 4.78 is 0. The van der Waals surface area contributed by atoms with E-state index in [4.69, 9.17) is 11.6 Å². The largest absolute Gasteiger partial charge is 0.375 e. The van der Waals surface area contributed by atoms with Crippen molar-refractivity contribution >= 4 is 29.1 Å². The summed E-state index contributed by atoms with van der Waals surface area (Å²) >= 11 is 5.79. The van der Waals surface area contributed by atoms with Crippen LogP contribution in [0.25, 0.3) is 0 Å². The molecule has 0 aliphatic rings. The third-order valence-corrected chi connectivity index (χ3v) is 4.10. The topological polar surface area (TPSA) is 61.4 Å². The Labute approximate surface area is 153 Å². The summed E-state index contributed by atoms with van der Waals surface area (Å²) in [5, 5.41) is 6.13. The van der Waals surface area contributed by atoms with Crippen LogP contribution in [0.1, 0.15) is 27.6 Å². The van der Waals surface area contributed by atoms with Crippen LogP contribution in [0.3, 0.4) is 0 Å². The molecular weight excluding hydrogens is 338 g/mol. The molecule has 0 aliphatic heterocycles. The van der Waals surface area contributed by atoms with Gasteiger partial charge in [-0.15, -0.1) is 0 Å². The summed E-state index contributed by atoms with van der Waals surface area (Å²) in [6.07, 6.45) is 0. The van der Waals surface area contributed by atoms with Gasteiger partial charge in [0.25, 0.3) is 11.8 Å². The number of carbonyl (C=O) groups is 2. The fourth-order valence-electron chi connectivity index (χ4n) is 2.21. The van der Waals surface area contributed by atoms with Crippen molar-refractivity contribution in [3.8, 4) is 0 Å². The average molecular weight is 360 g/mol. The highest BCUT2D eigenvalue weighted by Gasteiger charge is 2.07. The Bertz CT molecular complexity index is 714. The maximum absolute atomic E-state index is 12.1. The van der Waals surface area contributed by atoms with E-state index in [9.17, 15) is 9.59 Å². The third-order valence-electron chi connectivity index (χ3n) is 3.85. The lowest BCUT2D eigenvalue weighted by Gasteiger charge is -2.16. The minimum Gasteiger partial charge on any atom is -0.375 e. The van der Waals surface area contributed by atoms with Gasteiger partial charge in [0.15, 0.2) is 0 Å². The highest BCUT2D eigenvalue weighted by molar-refractivity contribution is 6.30. The number of benzene rings is 2. The first-order chi connectivity index (χ1) is 12.0. The maximum Gasteiger partial charge on any atom is 0.251 e. The van der Waals surface area contributed by atoms with Gasteiger partial charge in [-0.1, -0.05) is 11.6 Å². The van der Waals surface area contributed by atoms with Crippen LogP contribution in [0.4, 0.5) is 5.69 Å². The van der Waals surface area contributed by atoms with Crippen LogP contribution in [0.15, 0.2) is 48.5 Å². The van der Waals surface area contributed by atoms with Gasteiger partial charge in [-0.2, -0.15) is 0 Å². The number of nitrogens with one attached hydrogen (secondary N) is 2. The van der Waals surface area contributed by atoms with Crippen LogP contribution in [0.5, 0.6) is 0 Å². The average Bonchev–Trinajstić information content (AvgIpc) is 2.65. The molecule has 0 aliphatic carbocycles. The van der Waals surface area contributed by atoms with Crippen LogP contribution in [-0.4, -0.2) is 38.5 Å². The van der Waals surface area contributed by atoms with Crippen molar-refractivity contribution in [2.24, 2.45) is 0 Å². The Morgan fingerprint density at radius 2 is 1.32 bits per heavy atom. The molecule has 132 valence electrons. The number of anilines is 1. The molecule has 5 nitrogen and oxygen atoms in total. The summed E-state index contributed by atoms with van der Waals surface area (Å²) in [6.45, 7) is 3.68. The van der Waals surface area contributed by atoms with Gasteiger partial charge >= 0.3 is 0 Å². The summed E-state index contributed by atoms with van der Waals surface area (Å²) in [4.78, 5) is 26.1. The van der Waals surface area contributed by atoms with Gasteiger partial charge < -0.3 is 15.5 Å². The standard InChI is InChI=1S/C19H22ClN3O2/c1-3-23(2)17-10-6-15(7-11-17)19(25)22-13-12-21-18(24)14-4-8-16(20)9-5-14/h4-11H,3,12-13H2,1-2H3,(H,21,24)(H,22,25). The molecule has 0 spiro atoms. The molecule has 0 aromatic heterocycles. The molecule has 0 unspecified atom stereocenters. The number of nitrogens with zero attached hydrogens (tertiary/aromatic N) is 1. The van der Waals surface area contributed by atoms with Gasteiger partial charge in [0.1, 0.15) is 0 Å². The second kappa shape index (κ2) is 9.08. The third kappa shape index (κ3) is 5.50. The zero-order chi connectivity index (χ0) is 18.2. The summed E-state index contributed by atoms with van der Waals surface area (Å²) in [5.41, 5.74) is 2.19. The van der Waals surface area contributed by atoms with Gasteiger partial charge in [0.2, 0.25) is 0 Å². The molecule has 0 saturated carbocycles. The van der Waals surface area contributed by atoms with Crippen molar-refractivity contribution in [2.75, 3.05) is 31.6 Å². The molecule has 2 amide bonds. The van der Waals surface area contributed by atoms with E-state index in [0.717, 1.165) is 12.2 Å². The zero-order valence-corrected chi connectivity index (χ0v) is 15.1. The lowest BCUT2D eigenvalue weighted by atomic mass is 10.2. The lowest BCUT2D eigenvalue weighted by Crippen LogP contribution is -2.34. The van der Waals surface area contributed by atoms with Crippen LogP contribution in [0.2, 0.25) is 5.02 Å². The van der Waals surface area contributed by atoms with Gasteiger partial charge in [-0.05, 0) is 55.5 Å². The number of hydrogen-bond acceptors (Lipinski definition) is 3. The molecule has 25 heavy (non-hydrogen) atoms. The van der Waals surface area contributed by atoms with Crippen LogP contribution >= 0.6 is 11.6 Å². The van der Waals surface area contributed by atoms with Gasteiger partial charge in [0, 0.05) is 48.5 Å². The Kier molecular flexibility index (Phi) is 6.83. The SMILES string of the molecule is CCN(C)c1ccc(C(=O)NCCNC(=O)c2ccc(Cl)cc2)cc1. The second-order valence-corrected chi connectivity index (χ2v) is 6.02. The summed E-state index contributed by atoms with van der Waals surface area (Å²) in [5.74, 6) is -0.357. The molecule has 0 radical (unpaired) electrons. The Hall–Kier alpha value is -2.53. The van der Waals surface area contributed by atoms with E-state index < -0.39 is 0 Å². The summed E-state index contributed by atoms with van der Waals surface area (Å²) in [6, 6.07) is 14.1. The van der Waals surface area contributed by atoms with E-state index in [2.05, 4.69) is 22.5 Å². The number of rotatable bonds is 7. The first-order valence-electron chi connectivity index (χ1n) is 8.14. The van der Waals surface area contributed by atoms with Crippen molar-refractivity contribution in [3.63, 3.8) is 0 Å². The molecule has 0 fully saturated rings. The Balaban J connectivity index is 1.76. The van der Waals surface area contributed by atoms with Crippen LogP contribution in [0, 0.1) is 0 Å². The minimum absolute atomic E-state index is 0.161. The van der Waals surface area contributed by atoms with Gasteiger partial charge in [-0.25, -0.2) is 0 Å². The van der Waals surface area contributed by atoms with Crippen LogP contribution in [-0.2, 0) is 0 Å². The molecule has 2 rings (SSSR count). The fraction of sp³-hybridized carbons (Fsp3) is 0.263. The number of hydrogen-bond donors (Lipinski definition) is 2. The predicted octanol–water partition coefficient (Wildman–Crippen LogP) is 2.96. The molecule has 2 aromatic carbocycles. The van der Waals surface area contributed by atoms with E-state index in [-0.39, 0.29) is 11.8 Å². The van der Waals surface area contributed by atoms with E-state index in [1.807, 2.05) is 19.2 Å². The molecule has 6 heteroatoms. The fourth-order valence-corrected chi connectivity index (χ4v) is 2.33. The van der Waals surface area contributed by atoms with E-state index in [1.165, 1.54) is 0 Å². The Morgan fingerprint density at radius 1 is 0.880 bits per heavy atom. The smallest absolute Gasteiger partial charge is 0.251 e. The summed E-state index contributed by atoms with van der Waals surface area (Å²) in [7, 11) is 2.00. The van der Waals surface area contributed by atoms with E-state index in [1.54, 1.807) is 36.4 Å². The van der Waals surface area contributed by atoms with Crippen molar-refractivity contribution in [2.45, 2.75) is 6.92 Å². The molecule has 0 atom stereocenters. The zero-order valence-electron chi connectivity index (χ0n) is 14.4. The molecule has 0 saturated heterocycles. The van der Waals surface area contributed by atoms with Crippen molar-refractivity contribution in [1.82, 2.24) is 10.6 Å². The maximum atomic E-state index is 12.1. The van der Waals surface area contributed by atoms with Crippen molar-refractivity contribution < 1.29 is 9.59 Å². The quantitative estimate of drug-likeness (QED) is 0.747. The molecule has 0 bridgehead atoms. The van der Waals surface area contributed by atoms with Gasteiger partial charge in [-0.3, -0.25) is 9.59 Å². The normalized spacial score (nSPS) is 10.2. The van der Waals surface area contributed by atoms with Crippen molar-refractivity contribution in [3.05, 3.63) is 64.7 Å². The van der Waals surface area contributed by atoms with E-state index in [0.29, 0.717) is 29.2 Å². The second-order valence-electron chi connectivity index (χ2n) is 5.58. The predicted molar refractivity (Wildman–Crippen MR) is 102 cm³/mol. The highest BCUT2D eigenvalue weighted by atomic mass is 35.5. The number of amides is 2. The molecule has 2 N–H and O–H groups in total. The molecular formula is C19H22ClN3O2. The first-order valence-corrected chi connectivity index (χ1v) is 8.52. The lowest BCUT2D eigenvalue weighted by molar-refractivity contribution is 0.0927. The Morgan fingerprint density at radius 3 is 1.76 bits per heavy atom. The number of carbonyl (C=O) groups excluding carboxylic acids is 2.